The molecule has 0 aliphatic rings. The van der Waals surface area contributed by atoms with Crippen molar-refractivity contribution in [2.24, 2.45) is 0 Å². The minimum atomic E-state index is -0.482. The van der Waals surface area contributed by atoms with Crippen LogP contribution in [0.4, 0.5) is 0 Å². The van der Waals surface area contributed by atoms with E-state index in [2.05, 4.69) is 0 Å². The minimum Gasteiger partial charge on any atom is -0.427 e. The van der Waals surface area contributed by atoms with Crippen LogP contribution in [0.3, 0.4) is 0 Å². The molecular weight excluding hydrogens is 312 g/mol. The number of benzene rings is 2. The molecule has 6 nitrogen and oxygen atoms in total. The first-order valence-corrected chi connectivity index (χ1v) is 7.55. The Morgan fingerprint density at radius 1 is 0.833 bits per heavy atom. The summed E-state index contributed by atoms with van der Waals surface area (Å²) in [5.41, 5.74) is 0. The van der Waals surface area contributed by atoms with Crippen LogP contribution in [0.5, 0.6) is 17.2 Å². The molecule has 0 spiro atoms. The van der Waals surface area contributed by atoms with E-state index < -0.39 is 11.9 Å². The van der Waals surface area contributed by atoms with Gasteiger partial charge in [-0.1, -0.05) is 6.92 Å². The Labute approximate surface area is 139 Å². The molecule has 2 aromatic rings. The highest BCUT2D eigenvalue weighted by atomic mass is 16.5. The molecule has 0 aliphatic carbocycles. The highest BCUT2D eigenvalue weighted by Crippen LogP contribution is 2.36. The van der Waals surface area contributed by atoms with E-state index in [4.69, 9.17) is 14.2 Å². The summed E-state index contributed by atoms with van der Waals surface area (Å²) in [6.45, 7) is 4.47. The predicted molar refractivity (Wildman–Crippen MR) is 87.1 cm³/mol. The van der Waals surface area contributed by atoms with Crippen LogP contribution < -0.4 is 14.2 Å². The molecule has 0 N–H and O–H groups in total. The summed E-state index contributed by atoms with van der Waals surface area (Å²) < 4.78 is 15.6. The smallest absolute Gasteiger partial charge is 0.311 e. The SMILES string of the molecule is CCCC(=O)Oc1ccc2c(OC(C)=O)ccc(OC(C)=O)c2c1. The van der Waals surface area contributed by atoms with Gasteiger partial charge in [0.2, 0.25) is 0 Å². The maximum Gasteiger partial charge on any atom is 0.311 e. The second-order valence-electron chi connectivity index (χ2n) is 5.18. The maximum absolute atomic E-state index is 11.6. The number of rotatable bonds is 5. The molecule has 0 unspecified atom stereocenters. The first-order chi connectivity index (χ1) is 11.4. The van der Waals surface area contributed by atoms with Crippen LogP contribution in [0.2, 0.25) is 0 Å². The van der Waals surface area contributed by atoms with E-state index >= 15 is 0 Å². The lowest BCUT2D eigenvalue weighted by Gasteiger charge is -2.12. The standard InChI is InChI=1S/C18H18O6/c1-4-5-18(21)24-13-6-7-14-15(10-13)17(23-12(3)20)9-8-16(14)22-11(2)19/h6-10H,4-5H2,1-3H3. The lowest BCUT2D eigenvalue weighted by atomic mass is 10.1. The first-order valence-electron chi connectivity index (χ1n) is 7.55. The normalized spacial score (nSPS) is 10.3. The summed E-state index contributed by atoms with van der Waals surface area (Å²) in [6.07, 6.45) is 0.990. The zero-order chi connectivity index (χ0) is 17.7. The summed E-state index contributed by atoms with van der Waals surface area (Å²) in [4.78, 5) is 34.1. The van der Waals surface area contributed by atoms with E-state index in [1.54, 1.807) is 24.3 Å². The Morgan fingerprint density at radius 2 is 1.42 bits per heavy atom. The van der Waals surface area contributed by atoms with Gasteiger partial charge >= 0.3 is 17.9 Å². The molecule has 24 heavy (non-hydrogen) atoms. The van der Waals surface area contributed by atoms with Crippen molar-refractivity contribution in [1.29, 1.82) is 0 Å². The topological polar surface area (TPSA) is 78.9 Å². The molecule has 0 bridgehead atoms. The van der Waals surface area contributed by atoms with Crippen LogP contribution in [0.15, 0.2) is 30.3 Å². The summed E-state index contributed by atoms with van der Waals surface area (Å²) in [5, 5.41) is 1.07. The fourth-order valence-electron chi connectivity index (χ4n) is 2.21. The number of carbonyl (C=O) groups is 3. The molecule has 126 valence electrons. The largest absolute Gasteiger partial charge is 0.427 e. The van der Waals surface area contributed by atoms with Crippen molar-refractivity contribution < 1.29 is 28.6 Å². The number of esters is 3. The zero-order valence-electron chi connectivity index (χ0n) is 13.8. The van der Waals surface area contributed by atoms with E-state index in [1.165, 1.54) is 19.9 Å². The maximum atomic E-state index is 11.6. The minimum absolute atomic E-state index is 0.293. The van der Waals surface area contributed by atoms with Crippen LogP contribution in [0.1, 0.15) is 33.6 Å². The Kier molecular flexibility index (Phi) is 5.52. The average Bonchev–Trinajstić information content (AvgIpc) is 2.49. The summed E-state index contributed by atoms with van der Waals surface area (Å²) in [7, 11) is 0. The quantitative estimate of drug-likeness (QED) is 0.617. The van der Waals surface area contributed by atoms with Crippen molar-refractivity contribution >= 4 is 28.7 Å². The lowest BCUT2D eigenvalue weighted by Crippen LogP contribution is -2.07. The monoisotopic (exact) mass is 330 g/mol. The molecule has 2 aromatic carbocycles. The molecule has 0 radical (unpaired) electrons. The molecule has 0 fully saturated rings. The van der Waals surface area contributed by atoms with Crippen LogP contribution in [-0.4, -0.2) is 17.9 Å². The molecule has 0 aromatic heterocycles. The lowest BCUT2D eigenvalue weighted by molar-refractivity contribution is -0.134. The van der Waals surface area contributed by atoms with Crippen molar-refractivity contribution in [2.45, 2.75) is 33.6 Å². The molecule has 0 saturated carbocycles. The van der Waals surface area contributed by atoms with Gasteiger partial charge in [0.15, 0.2) is 0 Å². The van der Waals surface area contributed by atoms with Gasteiger partial charge in [-0.25, -0.2) is 0 Å². The Morgan fingerprint density at radius 3 is 1.96 bits per heavy atom. The third-order valence-corrected chi connectivity index (χ3v) is 3.10. The summed E-state index contributed by atoms with van der Waals surface area (Å²) in [5.74, 6) is -0.335. The van der Waals surface area contributed by atoms with E-state index in [1.807, 2.05) is 6.92 Å². The average molecular weight is 330 g/mol. The van der Waals surface area contributed by atoms with E-state index in [0.29, 0.717) is 40.9 Å². The fourth-order valence-corrected chi connectivity index (χ4v) is 2.21. The van der Waals surface area contributed by atoms with Crippen molar-refractivity contribution in [2.75, 3.05) is 0 Å². The molecular formula is C18H18O6. The molecule has 0 atom stereocenters. The highest BCUT2D eigenvalue weighted by molar-refractivity contribution is 5.97. The van der Waals surface area contributed by atoms with E-state index in [0.717, 1.165) is 0 Å². The van der Waals surface area contributed by atoms with Crippen molar-refractivity contribution in [3.63, 3.8) is 0 Å². The molecule has 0 aliphatic heterocycles. The summed E-state index contributed by atoms with van der Waals surface area (Å²) >= 11 is 0. The van der Waals surface area contributed by atoms with Crippen LogP contribution in [0.25, 0.3) is 10.8 Å². The van der Waals surface area contributed by atoms with Gasteiger partial charge in [-0.3, -0.25) is 14.4 Å². The number of fused-ring (bicyclic) bond motifs is 1. The molecule has 0 heterocycles. The van der Waals surface area contributed by atoms with Gasteiger partial charge in [-0.2, -0.15) is 0 Å². The molecule has 0 amide bonds. The summed E-state index contributed by atoms with van der Waals surface area (Å²) in [6, 6.07) is 7.90. The van der Waals surface area contributed by atoms with Crippen LogP contribution in [0, 0.1) is 0 Å². The van der Waals surface area contributed by atoms with Gasteiger partial charge < -0.3 is 14.2 Å². The van der Waals surface area contributed by atoms with Crippen molar-refractivity contribution in [3.8, 4) is 17.2 Å². The third-order valence-electron chi connectivity index (χ3n) is 3.10. The van der Waals surface area contributed by atoms with E-state index in [9.17, 15) is 14.4 Å². The van der Waals surface area contributed by atoms with E-state index in [-0.39, 0.29) is 5.97 Å². The molecule has 0 saturated heterocycles. The molecule has 2 rings (SSSR count). The Hall–Kier alpha value is -2.89. The van der Waals surface area contributed by atoms with Gasteiger partial charge in [-0.05, 0) is 36.8 Å². The first kappa shape index (κ1) is 17.5. The number of hydrogen-bond acceptors (Lipinski definition) is 6. The Bertz CT molecular complexity index is 793. The van der Waals surface area contributed by atoms with Crippen LogP contribution >= 0.6 is 0 Å². The van der Waals surface area contributed by atoms with Gasteiger partial charge in [0.1, 0.15) is 17.2 Å². The third kappa shape index (κ3) is 4.32. The van der Waals surface area contributed by atoms with Gasteiger partial charge in [0.05, 0.1) is 0 Å². The van der Waals surface area contributed by atoms with Crippen molar-refractivity contribution in [1.82, 2.24) is 0 Å². The number of hydrogen-bond donors (Lipinski definition) is 0. The fraction of sp³-hybridized carbons (Fsp3) is 0.278. The predicted octanol–water partition coefficient (Wildman–Crippen LogP) is 3.40. The number of ether oxygens (including phenoxy) is 3. The van der Waals surface area contributed by atoms with Gasteiger partial charge in [0, 0.05) is 31.0 Å². The second kappa shape index (κ2) is 7.59. The molecule has 6 heteroatoms. The zero-order valence-corrected chi connectivity index (χ0v) is 13.8. The number of carbonyl (C=O) groups excluding carboxylic acids is 3. The van der Waals surface area contributed by atoms with Gasteiger partial charge in [0.25, 0.3) is 0 Å². The van der Waals surface area contributed by atoms with Crippen molar-refractivity contribution in [3.05, 3.63) is 30.3 Å². The highest BCUT2D eigenvalue weighted by Gasteiger charge is 2.13. The van der Waals surface area contributed by atoms with Crippen LogP contribution in [-0.2, 0) is 14.4 Å². The Balaban J connectivity index is 2.50. The second-order valence-corrected chi connectivity index (χ2v) is 5.18. The van der Waals surface area contributed by atoms with Gasteiger partial charge in [-0.15, -0.1) is 0 Å².